The van der Waals surface area contributed by atoms with E-state index in [4.69, 9.17) is 10.5 Å². The van der Waals surface area contributed by atoms with Crippen LogP contribution >= 0.6 is 0 Å². The molecule has 0 amide bonds. The molecule has 5 nitrogen and oxygen atoms in total. The van der Waals surface area contributed by atoms with Crippen LogP contribution < -0.4 is 11.1 Å². The highest BCUT2D eigenvalue weighted by Crippen LogP contribution is 2.36. The Morgan fingerprint density at radius 1 is 1.27 bits per heavy atom. The summed E-state index contributed by atoms with van der Waals surface area (Å²) in [7, 11) is 0. The monoisotopic (exact) mass is 310 g/mol. The average molecular weight is 310 g/mol. The lowest BCUT2D eigenvalue weighted by molar-refractivity contribution is -0.121. The topological polar surface area (TPSA) is 62.9 Å². The summed E-state index contributed by atoms with van der Waals surface area (Å²) in [5.41, 5.74) is 6.14. The van der Waals surface area contributed by atoms with Gasteiger partial charge in [0.15, 0.2) is 5.96 Å². The minimum absolute atomic E-state index is 0.0571. The number of nitrogens with zero attached hydrogens (tertiary/aromatic N) is 2. The zero-order chi connectivity index (χ0) is 16.1. The van der Waals surface area contributed by atoms with Crippen molar-refractivity contribution in [3.05, 3.63) is 0 Å². The molecule has 2 rings (SSSR count). The van der Waals surface area contributed by atoms with Crippen molar-refractivity contribution >= 4 is 5.96 Å². The van der Waals surface area contributed by atoms with Crippen LogP contribution in [0.25, 0.3) is 0 Å². The van der Waals surface area contributed by atoms with Gasteiger partial charge >= 0.3 is 0 Å². The molecule has 2 fully saturated rings. The van der Waals surface area contributed by atoms with Gasteiger partial charge in [0.2, 0.25) is 0 Å². The third-order valence-corrected chi connectivity index (χ3v) is 4.98. The Balaban J connectivity index is 2.07. The van der Waals surface area contributed by atoms with Crippen LogP contribution in [0.3, 0.4) is 0 Å². The standard InChI is InChI=1S/C17H34N4O/c1-4-10-19-15(18)20-13-17(8-6-5-7-9-17)21-11-12-22-16(2,3)14-21/h4-14H2,1-3H3,(H3,18,19,20). The largest absolute Gasteiger partial charge is 0.373 e. The number of guanidine groups is 1. The van der Waals surface area contributed by atoms with Crippen molar-refractivity contribution in [1.82, 2.24) is 10.2 Å². The molecule has 1 heterocycles. The molecule has 0 radical (unpaired) electrons. The van der Waals surface area contributed by atoms with Crippen molar-refractivity contribution in [2.45, 2.75) is 70.4 Å². The second kappa shape index (κ2) is 7.64. The number of hydrogen-bond donors (Lipinski definition) is 2. The molecule has 3 N–H and O–H groups in total. The highest BCUT2D eigenvalue weighted by Gasteiger charge is 2.42. The summed E-state index contributed by atoms with van der Waals surface area (Å²) in [6, 6.07) is 0. The summed E-state index contributed by atoms with van der Waals surface area (Å²) < 4.78 is 5.90. The number of ether oxygens (including phenoxy) is 1. The predicted molar refractivity (Wildman–Crippen MR) is 92.2 cm³/mol. The Morgan fingerprint density at radius 3 is 2.64 bits per heavy atom. The molecule has 1 saturated carbocycles. The smallest absolute Gasteiger partial charge is 0.188 e. The summed E-state index contributed by atoms with van der Waals surface area (Å²) in [5.74, 6) is 0.597. The van der Waals surface area contributed by atoms with Gasteiger partial charge in [-0.25, -0.2) is 0 Å². The molecule has 22 heavy (non-hydrogen) atoms. The first kappa shape index (κ1) is 17.5. The van der Waals surface area contributed by atoms with Crippen LogP contribution in [0.15, 0.2) is 4.99 Å². The second-order valence-electron chi connectivity index (χ2n) is 7.44. The molecule has 0 aromatic heterocycles. The quantitative estimate of drug-likeness (QED) is 0.603. The summed E-state index contributed by atoms with van der Waals surface area (Å²) >= 11 is 0. The van der Waals surface area contributed by atoms with Crippen LogP contribution in [-0.2, 0) is 4.74 Å². The summed E-state index contributed by atoms with van der Waals surface area (Å²) in [6.07, 6.45) is 7.48. The van der Waals surface area contributed by atoms with Gasteiger partial charge in [-0.05, 0) is 33.1 Å². The van der Waals surface area contributed by atoms with E-state index in [2.05, 4.69) is 36.0 Å². The maximum Gasteiger partial charge on any atom is 0.188 e. The Morgan fingerprint density at radius 2 is 2.00 bits per heavy atom. The Bertz CT molecular complexity index is 375. The van der Waals surface area contributed by atoms with Gasteiger partial charge in [-0.2, -0.15) is 0 Å². The minimum Gasteiger partial charge on any atom is -0.373 e. The lowest BCUT2D eigenvalue weighted by Gasteiger charge is -2.51. The molecule has 2 aliphatic rings. The van der Waals surface area contributed by atoms with E-state index in [0.717, 1.165) is 39.2 Å². The van der Waals surface area contributed by atoms with Crippen molar-refractivity contribution in [3.8, 4) is 0 Å². The van der Waals surface area contributed by atoms with E-state index in [1.165, 1.54) is 32.1 Å². The third-order valence-electron chi connectivity index (χ3n) is 4.98. The van der Waals surface area contributed by atoms with Gasteiger partial charge in [-0.3, -0.25) is 9.89 Å². The number of rotatable bonds is 5. The Kier molecular flexibility index (Phi) is 6.09. The van der Waals surface area contributed by atoms with Gasteiger partial charge in [0.05, 0.1) is 18.8 Å². The predicted octanol–water partition coefficient (Wildman–Crippen LogP) is 2.11. The third kappa shape index (κ3) is 4.59. The highest BCUT2D eigenvalue weighted by molar-refractivity contribution is 5.77. The number of hydrogen-bond acceptors (Lipinski definition) is 3. The van der Waals surface area contributed by atoms with E-state index in [0.29, 0.717) is 5.96 Å². The molecule has 0 unspecified atom stereocenters. The van der Waals surface area contributed by atoms with Crippen LogP contribution in [-0.4, -0.2) is 54.8 Å². The summed E-state index contributed by atoms with van der Waals surface area (Å²) in [4.78, 5) is 7.31. The van der Waals surface area contributed by atoms with E-state index in [9.17, 15) is 0 Å². The minimum atomic E-state index is -0.0571. The van der Waals surface area contributed by atoms with Gasteiger partial charge in [0.1, 0.15) is 0 Å². The molecular formula is C17H34N4O. The fourth-order valence-corrected chi connectivity index (χ4v) is 3.75. The summed E-state index contributed by atoms with van der Waals surface area (Å²) in [6.45, 7) is 11.1. The van der Waals surface area contributed by atoms with Gasteiger partial charge < -0.3 is 15.8 Å². The molecule has 128 valence electrons. The molecule has 1 saturated heterocycles. The van der Waals surface area contributed by atoms with Gasteiger partial charge in [-0.1, -0.05) is 26.2 Å². The van der Waals surface area contributed by atoms with Crippen molar-refractivity contribution in [2.24, 2.45) is 10.7 Å². The Labute approximate surface area is 135 Å². The molecule has 1 aliphatic heterocycles. The second-order valence-corrected chi connectivity index (χ2v) is 7.44. The number of nitrogens with one attached hydrogen (secondary N) is 1. The molecule has 0 bridgehead atoms. The first-order valence-corrected chi connectivity index (χ1v) is 8.90. The van der Waals surface area contributed by atoms with E-state index >= 15 is 0 Å². The van der Waals surface area contributed by atoms with Crippen LogP contribution in [0, 0.1) is 0 Å². The molecule has 0 aromatic rings. The molecule has 0 aromatic carbocycles. The normalized spacial score (nSPS) is 25.9. The number of morpholine rings is 1. The molecule has 0 spiro atoms. The summed E-state index contributed by atoms with van der Waals surface area (Å²) in [5, 5.41) is 3.19. The first-order chi connectivity index (χ1) is 10.5. The van der Waals surface area contributed by atoms with E-state index in [1.807, 2.05) is 0 Å². The van der Waals surface area contributed by atoms with E-state index in [-0.39, 0.29) is 11.1 Å². The fourth-order valence-electron chi connectivity index (χ4n) is 3.75. The highest BCUT2D eigenvalue weighted by atomic mass is 16.5. The zero-order valence-electron chi connectivity index (χ0n) is 14.7. The maximum absolute atomic E-state index is 6.01. The molecule has 5 heteroatoms. The molecule has 1 aliphatic carbocycles. The van der Waals surface area contributed by atoms with Gasteiger partial charge in [-0.15, -0.1) is 0 Å². The van der Waals surface area contributed by atoms with Crippen LogP contribution in [0.5, 0.6) is 0 Å². The SMILES string of the molecule is CCCNC(N)=NCC1(N2CCOC(C)(C)C2)CCCCC1. The lowest BCUT2D eigenvalue weighted by atomic mass is 9.79. The lowest BCUT2D eigenvalue weighted by Crippen LogP contribution is -2.60. The Hall–Kier alpha value is -0.810. The number of aliphatic imine (C=N–C) groups is 1. The first-order valence-electron chi connectivity index (χ1n) is 8.90. The van der Waals surface area contributed by atoms with E-state index < -0.39 is 0 Å². The fraction of sp³-hybridized carbons (Fsp3) is 0.941. The van der Waals surface area contributed by atoms with Gasteiger partial charge in [0.25, 0.3) is 0 Å². The van der Waals surface area contributed by atoms with Crippen LogP contribution in [0.2, 0.25) is 0 Å². The van der Waals surface area contributed by atoms with Crippen LogP contribution in [0.1, 0.15) is 59.3 Å². The van der Waals surface area contributed by atoms with Crippen molar-refractivity contribution in [2.75, 3.05) is 32.8 Å². The van der Waals surface area contributed by atoms with Gasteiger partial charge in [0, 0.05) is 25.2 Å². The number of nitrogens with two attached hydrogens (primary N) is 1. The van der Waals surface area contributed by atoms with Crippen LogP contribution in [0.4, 0.5) is 0 Å². The maximum atomic E-state index is 6.01. The van der Waals surface area contributed by atoms with Crippen molar-refractivity contribution in [3.63, 3.8) is 0 Å². The van der Waals surface area contributed by atoms with Crippen molar-refractivity contribution < 1.29 is 4.74 Å². The molecule has 0 atom stereocenters. The molecular weight excluding hydrogens is 276 g/mol. The average Bonchev–Trinajstić information content (AvgIpc) is 2.51. The zero-order valence-corrected chi connectivity index (χ0v) is 14.7. The van der Waals surface area contributed by atoms with Crippen molar-refractivity contribution in [1.29, 1.82) is 0 Å². The van der Waals surface area contributed by atoms with E-state index in [1.54, 1.807) is 0 Å².